The predicted molar refractivity (Wildman–Crippen MR) is 114 cm³/mol. The number of alkyl halides is 3. The molecular weight excluding hydrogens is 425 g/mol. The Balaban J connectivity index is 0.000000451. The van der Waals surface area contributed by atoms with E-state index in [9.17, 15) is 18.0 Å². The molecule has 0 spiro atoms. The van der Waals surface area contributed by atoms with E-state index >= 15 is 0 Å². The van der Waals surface area contributed by atoms with Gasteiger partial charge >= 0.3 is 12.1 Å². The summed E-state index contributed by atoms with van der Waals surface area (Å²) in [6.45, 7) is 10.8. The first-order valence-corrected chi connectivity index (χ1v) is 10.1. The molecule has 1 amide bonds. The van der Waals surface area contributed by atoms with Crippen LogP contribution in [0.3, 0.4) is 0 Å². The first kappa shape index (κ1) is 25.4. The molecule has 2 aromatic rings. The lowest BCUT2D eigenvalue weighted by molar-refractivity contribution is -0.192. The van der Waals surface area contributed by atoms with Crippen LogP contribution in [0.5, 0.6) is 0 Å². The van der Waals surface area contributed by atoms with Crippen molar-refractivity contribution in [2.75, 3.05) is 0 Å². The molecular formula is C22H29F3N4O3. The molecule has 3 rings (SSSR count). The average Bonchev–Trinajstić information content (AvgIpc) is 3.09. The molecule has 0 atom stereocenters. The molecule has 1 saturated heterocycles. The SMILES string of the molecule is Cc1ccc(-n2ccc(C(=O)NC3CC(C)(C)NC(C)(C)C3)n2)cc1.O=C(O)C(F)(F)F. The van der Waals surface area contributed by atoms with E-state index < -0.39 is 12.1 Å². The zero-order valence-electron chi connectivity index (χ0n) is 18.7. The van der Waals surface area contributed by atoms with Crippen LogP contribution in [-0.2, 0) is 4.79 Å². The highest BCUT2D eigenvalue weighted by Crippen LogP contribution is 2.28. The summed E-state index contributed by atoms with van der Waals surface area (Å²) in [7, 11) is 0. The zero-order chi connectivity index (χ0) is 24.3. The van der Waals surface area contributed by atoms with Crippen molar-refractivity contribution >= 4 is 11.9 Å². The Morgan fingerprint density at radius 1 is 1.09 bits per heavy atom. The molecule has 32 heavy (non-hydrogen) atoms. The van der Waals surface area contributed by atoms with Crippen molar-refractivity contribution in [2.24, 2.45) is 0 Å². The second-order valence-electron chi connectivity index (χ2n) is 9.26. The number of hydrogen-bond donors (Lipinski definition) is 3. The number of aromatic nitrogens is 2. The van der Waals surface area contributed by atoms with Crippen LogP contribution in [-0.4, -0.2) is 50.1 Å². The lowest BCUT2D eigenvalue weighted by Crippen LogP contribution is -2.62. The summed E-state index contributed by atoms with van der Waals surface area (Å²) in [6.07, 6.45) is -1.45. The van der Waals surface area contributed by atoms with Gasteiger partial charge in [-0.15, -0.1) is 0 Å². The van der Waals surface area contributed by atoms with Gasteiger partial charge in [-0.1, -0.05) is 17.7 Å². The monoisotopic (exact) mass is 454 g/mol. The predicted octanol–water partition coefficient (Wildman–Crippen LogP) is 3.85. The van der Waals surface area contributed by atoms with Gasteiger partial charge in [0.25, 0.3) is 5.91 Å². The first-order valence-electron chi connectivity index (χ1n) is 10.1. The summed E-state index contributed by atoms with van der Waals surface area (Å²) in [5, 5.41) is 18.4. The molecule has 176 valence electrons. The number of aryl methyl sites for hydroxylation is 1. The van der Waals surface area contributed by atoms with Crippen molar-refractivity contribution in [2.45, 2.75) is 70.8 Å². The molecule has 10 heteroatoms. The summed E-state index contributed by atoms with van der Waals surface area (Å²) in [6, 6.07) is 9.99. The fourth-order valence-electron chi connectivity index (χ4n) is 3.97. The third kappa shape index (κ3) is 7.37. The van der Waals surface area contributed by atoms with Crippen LogP contribution >= 0.6 is 0 Å². The number of nitrogens with one attached hydrogen (secondary N) is 2. The number of nitrogens with zero attached hydrogens (tertiary/aromatic N) is 2. The minimum atomic E-state index is -5.08. The number of rotatable bonds is 3. The molecule has 0 unspecified atom stereocenters. The van der Waals surface area contributed by atoms with Gasteiger partial charge in [0.15, 0.2) is 5.69 Å². The van der Waals surface area contributed by atoms with Gasteiger partial charge in [0.1, 0.15) is 0 Å². The van der Waals surface area contributed by atoms with E-state index in [0.29, 0.717) is 5.69 Å². The third-order valence-corrected chi connectivity index (χ3v) is 4.89. The van der Waals surface area contributed by atoms with Gasteiger partial charge in [-0.3, -0.25) is 4.79 Å². The van der Waals surface area contributed by atoms with Gasteiger partial charge < -0.3 is 15.7 Å². The van der Waals surface area contributed by atoms with E-state index in [1.165, 1.54) is 5.56 Å². The third-order valence-electron chi connectivity index (χ3n) is 4.89. The average molecular weight is 454 g/mol. The van der Waals surface area contributed by atoms with Crippen LogP contribution in [0.2, 0.25) is 0 Å². The number of hydrogen-bond acceptors (Lipinski definition) is 4. The highest BCUT2D eigenvalue weighted by molar-refractivity contribution is 5.92. The van der Waals surface area contributed by atoms with Crippen LogP contribution in [0.25, 0.3) is 5.69 Å². The Morgan fingerprint density at radius 2 is 1.59 bits per heavy atom. The lowest BCUT2D eigenvalue weighted by atomic mass is 9.79. The number of amides is 1. The van der Waals surface area contributed by atoms with Crippen molar-refractivity contribution < 1.29 is 27.9 Å². The van der Waals surface area contributed by atoms with Crippen molar-refractivity contribution in [1.29, 1.82) is 0 Å². The van der Waals surface area contributed by atoms with Gasteiger partial charge in [0.2, 0.25) is 0 Å². The maximum Gasteiger partial charge on any atom is 0.490 e. The van der Waals surface area contributed by atoms with E-state index in [1.807, 2.05) is 37.4 Å². The Labute approximate surface area is 185 Å². The second kappa shape index (κ2) is 9.32. The van der Waals surface area contributed by atoms with E-state index in [1.54, 1.807) is 10.7 Å². The van der Waals surface area contributed by atoms with Crippen LogP contribution in [0, 0.1) is 6.92 Å². The van der Waals surface area contributed by atoms with Crippen molar-refractivity contribution in [3.8, 4) is 5.69 Å². The minimum Gasteiger partial charge on any atom is -0.475 e. The molecule has 7 nitrogen and oxygen atoms in total. The fraction of sp³-hybridized carbons (Fsp3) is 0.500. The molecule has 0 radical (unpaired) electrons. The Hall–Kier alpha value is -2.88. The molecule has 3 N–H and O–H groups in total. The lowest BCUT2D eigenvalue weighted by Gasteiger charge is -2.46. The van der Waals surface area contributed by atoms with Crippen LogP contribution in [0.15, 0.2) is 36.5 Å². The highest BCUT2D eigenvalue weighted by atomic mass is 19.4. The van der Waals surface area contributed by atoms with E-state index in [4.69, 9.17) is 9.90 Å². The van der Waals surface area contributed by atoms with Gasteiger partial charge in [-0.05, 0) is 65.7 Å². The van der Waals surface area contributed by atoms with Crippen LogP contribution < -0.4 is 10.6 Å². The van der Waals surface area contributed by atoms with Crippen LogP contribution in [0.1, 0.15) is 56.6 Å². The molecule has 2 heterocycles. The Bertz CT molecular complexity index is 934. The number of benzene rings is 1. The number of carbonyl (C=O) groups is 2. The smallest absolute Gasteiger partial charge is 0.475 e. The number of aliphatic carboxylic acids is 1. The summed E-state index contributed by atoms with van der Waals surface area (Å²) in [4.78, 5) is 21.5. The summed E-state index contributed by atoms with van der Waals surface area (Å²) >= 11 is 0. The van der Waals surface area contributed by atoms with Gasteiger partial charge in [-0.25, -0.2) is 9.48 Å². The quantitative estimate of drug-likeness (QED) is 0.655. The topological polar surface area (TPSA) is 96.3 Å². The number of piperidine rings is 1. The minimum absolute atomic E-state index is 0.000948. The fourth-order valence-corrected chi connectivity index (χ4v) is 3.97. The molecule has 1 aliphatic rings. The number of carboxylic acid groups (broad SMARTS) is 1. The van der Waals surface area contributed by atoms with E-state index in [0.717, 1.165) is 18.5 Å². The summed E-state index contributed by atoms with van der Waals surface area (Å²) in [5.74, 6) is -2.86. The maximum atomic E-state index is 12.6. The molecule has 1 fully saturated rings. The van der Waals surface area contributed by atoms with Crippen molar-refractivity contribution in [1.82, 2.24) is 20.4 Å². The zero-order valence-corrected chi connectivity index (χ0v) is 18.7. The molecule has 1 aromatic heterocycles. The summed E-state index contributed by atoms with van der Waals surface area (Å²) < 4.78 is 33.5. The molecule has 1 aromatic carbocycles. The second-order valence-corrected chi connectivity index (χ2v) is 9.26. The van der Waals surface area contributed by atoms with Gasteiger partial charge in [-0.2, -0.15) is 18.3 Å². The van der Waals surface area contributed by atoms with Crippen molar-refractivity contribution in [3.05, 3.63) is 47.8 Å². The largest absolute Gasteiger partial charge is 0.490 e. The highest BCUT2D eigenvalue weighted by Gasteiger charge is 2.39. The van der Waals surface area contributed by atoms with Gasteiger partial charge in [0.05, 0.1) is 5.69 Å². The molecule has 0 bridgehead atoms. The molecule has 0 saturated carbocycles. The van der Waals surface area contributed by atoms with Gasteiger partial charge in [0, 0.05) is 23.3 Å². The maximum absolute atomic E-state index is 12.6. The van der Waals surface area contributed by atoms with Crippen LogP contribution in [0.4, 0.5) is 13.2 Å². The van der Waals surface area contributed by atoms with E-state index in [2.05, 4.69) is 43.4 Å². The molecule has 1 aliphatic heterocycles. The Morgan fingerprint density at radius 3 is 2.06 bits per heavy atom. The first-order chi connectivity index (χ1) is 14.6. The summed E-state index contributed by atoms with van der Waals surface area (Å²) in [5.41, 5.74) is 2.61. The Kier molecular flexibility index (Phi) is 7.39. The number of carboxylic acids is 1. The standard InChI is InChI=1S/C20H28N4O.C2HF3O2/c1-14-6-8-16(9-7-14)24-11-10-17(22-24)18(25)21-15-12-19(2,3)23-20(4,5)13-15;3-2(4,5)1(6)7/h6-11,15,23H,12-13H2,1-5H3,(H,21,25);(H,6,7). The molecule has 0 aliphatic carbocycles. The number of halogens is 3. The normalized spacial score (nSPS) is 17.8. The van der Waals surface area contributed by atoms with Crippen molar-refractivity contribution in [3.63, 3.8) is 0 Å². The number of carbonyl (C=O) groups excluding carboxylic acids is 1. The van der Waals surface area contributed by atoms with E-state index in [-0.39, 0.29) is 23.0 Å².